The van der Waals surface area contributed by atoms with Crippen molar-refractivity contribution in [3.05, 3.63) is 36.7 Å². The molecule has 0 radical (unpaired) electrons. The van der Waals surface area contributed by atoms with Crippen LogP contribution in [0.4, 0.5) is 11.5 Å². The van der Waals surface area contributed by atoms with E-state index in [4.69, 9.17) is 15.5 Å². The number of imidazole rings is 2. The van der Waals surface area contributed by atoms with Crippen LogP contribution in [0.5, 0.6) is 0 Å². The van der Waals surface area contributed by atoms with Crippen molar-refractivity contribution in [2.45, 2.75) is 90.0 Å². The van der Waals surface area contributed by atoms with Gasteiger partial charge in [-0.25, -0.2) is 19.9 Å². The Hall–Kier alpha value is -3.73. The van der Waals surface area contributed by atoms with Crippen molar-refractivity contribution >= 4 is 39.6 Å². The number of rotatable bonds is 10. The molecular formula is C35H51N11O4. The average Bonchev–Trinajstić information content (AvgIpc) is 3.79. The van der Waals surface area contributed by atoms with Gasteiger partial charge in [-0.1, -0.05) is 27.2 Å². The molecule has 3 fully saturated rings. The molecule has 15 nitrogen and oxygen atoms in total. The van der Waals surface area contributed by atoms with E-state index >= 15 is 0 Å². The molecule has 3 aliphatic rings. The number of aromatic amines is 1. The number of nitrogens with two attached hydrogens (primary N) is 1. The normalized spacial score (nSPS) is 24.5. The number of nitrogen functional groups attached to an aromatic ring is 1. The summed E-state index contributed by atoms with van der Waals surface area (Å²) in [6, 6.07) is 6.10. The van der Waals surface area contributed by atoms with Gasteiger partial charge in [0.05, 0.1) is 23.9 Å². The second-order valence-electron chi connectivity index (χ2n) is 15.2. The number of aromatic nitrogens is 6. The monoisotopic (exact) mass is 689 g/mol. The Kier molecular flexibility index (Phi) is 10.1. The lowest BCUT2D eigenvalue weighted by molar-refractivity contribution is -0.123. The number of benzene rings is 1. The first-order valence-electron chi connectivity index (χ1n) is 18.0. The van der Waals surface area contributed by atoms with Gasteiger partial charge in [-0.05, 0) is 57.0 Å². The highest BCUT2D eigenvalue weighted by Crippen LogP contribution is 2.33. The Morgan fingerprint density at radius 2 is 1.84 bits per heavy atom. The molecule has 3 aromatic heterocycles. The Labute approximate surface area is 292 Å². The first kappa shape index (κ1) is 34.7. The Balaban J connectivity index is 0.998. The van der Waals surface area contributed by atoms with Gasteiger partial charge in [0.15, 0.2) is 17.7 Å². The third kappa shape index (κ3) is 7.48. The minimum atomic E-state index is -1.14. The number of nitrogens with one attached hydrogen (secondary N) is 2. The summed E-state index contributed by atoms with van der Waals surface area (Å²) in [6.45, 7) is 12.8. The zero-order valence-corrected chi connectivity index (χ0v) is 29.3. The molecule has 0 spiro atoms. The van der Waals surface area contributed by atoms with Gasteiger partial charge in [0.1, 0.15) is 36.0 Å². The summed E-state index contributed by atoms with van der Waals surface area (Å²) in [4.78, 5) is 40.9. The number of likely N-dealkylation sites (tertiary alicyclic amines) is 2. The van der Waals surface area contributed by atoms with Gasteiger partial charge in [0, 0.05) is 49.9 Å². The molecule has 7 rings (SSSR count). The average molecular weight is 690 g/mol. The number of anilines is 2. The van der Waals surface area contributed by atoms with Gasteiger partial charge < -0.3 is 35.9 Å². The van der Waals surface area contributed by atoms with E-state index in [1.54, 1.807) is 4.57 Å². The van der Waals surface area contributed by atoms with Crippen molar-refractivity contribution in [2.24, 2.45) is 5.41 Å². The van der Waals surface area contributed by atoms with Crippen molar-refractivity contribution < 1.29 is 19.7 Å². The maximum Gasteiger partial charge on any atom is 0.229 e. The van der Waals surface area contributed by atoms with Crippen molar-refractivity contribution in [1.82, 2.24) is 44.2 Å². The zero-order chi connectivity index (χ0) is 35.0. The first-order chi connectivity index (χ1) is 24.0. The molecule has 0 saturated carbocycles. The van der Waals surface area contributed by atoms with Crippen LogP contribution < -0.4 is 11.1 Å². The van der Waals surface area contributed by atoms with Gasteiger partial charge >= 0.3 is 0 Å². The molecule has 4 atom stereocenters. The minimum absolute atomic E-state index is 0.0260. The van der Waals surface area contributed by atoms with Gasteiger partial charge in [0.2, 0.25) is 5.91 Å². The van der Waals surface area contributed by atoms with Gasteiger partial charge in [0.25, 0.3) is 0 Å². The van der Waals surface area contributed by atoms with Crippen molar-refractivity contribution in [1.29, 1.82) is 0 Å². The number of aliphatic hydroxyl groups is 2. The number of carbonyl (C=O) groups excluding carboxylic acids is 1. The van der Waals surface area contributed by atoms with Crippen molar-refractivity contribution in [2.75, 3.05) is 56.9 Å². The van der Waals surface area contributed by atoms with E-state index in [1.165, 1.54) is 31.9 Å². The largest absolute Gasteiger partial charge is 0.387 e. The van der Waals surface area contributed by atoms with Crippen LogP contribution in [-0.4, -0.2) is 130 Å². The standard InChI is InChI=1S/C35H51N11O4/c1-35(2,3)34(49)40-22-7-8-24-25(17-22)42-27(41-24)19-44-13-9-23(10-14-44)45(16-15-43-11-5-4-6-12-43)18-26-29(47)30(48)33(50-26)46-21-39-28-31(36)37-20-38-32(28)46/h7-8,17,20-21,23,26,29-30,33,47-48H,4-6,9-16,18-19H2,1-3H3,(H,40,49)(H,41,42)(H2,36,37,38)/t26-,29-,30-,33-/m1/s1. The highest BCUT2D eigenvalue weighted by atomic mass is 16.6. The van der Waals surface area contributed by atoms with Crippen LogP contribution in [0.3, 0.4) is 0 Å². The van der Waals surface area contributed by atoms with E-state index in [9.17, 15) is 15.0 Å². The highest BCUT2D eigenvalue weighted by Gasteiger charge is 2.45. The fraction of sp³-hybridized carbons (Fsp3) is 0.629. The number of piperidine rings is 2. The Morgan fingerprint density at radius 1 is 1.06 bits per heavy atom. The van der Waals surface area contributed by atoms with Crippen molar-refractivity contribution in [3.8, 4) is 0 Å². The van der Waals surface area contributed by atoms with E-state index in [-0.39, 0.29) is 11.7 Å². The lowest BCUT2D eigenvalue weighted by Gasteiger charge is -2.40. The number of ether oxygens (including phenoxy) is 1. The topological polar surface area (TPSA) is 187 Å². The van der Waals surface area contributed by atoms with Crippen LogP contribution in [-0.2, 0) is 16.1 Å². The highest BCUT2D eigenvalue weighted by molar-refractivity contribution is 5.96. The van der Waals surface area contributed by atoms with E-state index in [0.717, 1.165) is 74.7 Å². The smallest absolute Gasteiger partial charge is 0.229 e. The lowest BCUT2D eigenvalue weighted by Crippen LogP contribution is -2.51. The Morgan fingerprint density at radius 3 is 2.60 bits per heavy atom. The van der Waals surface area contributed by atoms with Crippen LogP contribution >= 0.6 is 0 Å². The van der Waals surface area contributed by atoms with Crippen LogP contribution in [0.2, 0.25) is 0 Å². The summed E-state index contributed by atoms with van der Waals surface area (Å²) in [5.74, 6) is 1.13. The summed E-state index contributed by atoms with van der Waals surface area (Å²) < 4.78 is 8.02. The van der Waals surface area contributed by atoms with Gasteiger partial charge in [-0.2, -0.15) is 0 Å². The summed E-state index contributed by atoms with van der Waals surface area (Å²) in [5, 5.41) is 25.4. The number of aliphatic hydroxyl groups excluding tert-OH is 2. The van der Waals surface area contributed by atoms with Crippen LogP contribution in [0, 0.1) is 5.41 Å². The molecule has 0 aliphatic carbocycles. The predicted octanol–water partition coefficient (Wildman–Crippen LogP) is 2.34. The Bertz CT molecular complexity index is 1770. The van der Waals surface area contributed by atoms with Crippen LogP contribution in [0.15, 0.2) is 30.9 Å². The number of H-pyrrole nitrogens is 1. The molecule has 6 N–H and O–H groups in total. The van der Waals surface area contributed by atoms with Crippen molar-refractivity contribution in [3.63, 3.8) is 0 Å². The molecule has 0 unspecified atom stereocenters. The summed E-state index contributed by atoms with van der Waals surface area (Å²) in [5.41, 5.74) is 8.95. The summed E-state index contributed by atoms with van der Waals surface area (Å²) in [7, 11) is 0. The minimum Gasteiger partial charge on any atom is -0.387 e. The number of hydrogen-bond donors (Lipinski definition) is 5. The molecule has 1 amide bonds. The second-order valence-corrected chi connectivity index (χ2v) is 15.2. The lowest BCUT2D eigenvalue weighted by atomic mass is 9.95. The summed E-state index contributed by atoms with van der Waals surface area (Å²) in [6.07, 6.45) is 4.97. The molecule has 50 heavy (non-hydrogen) atoms. The van der Waals surface area contributed by atoms with E-state index in [2.05, 4.69) is 40.0 Å². The molecule has 270 valence electrons. The maximum atomic E-state index is 12.5. The van der Waals surface area contributed by atoms with Crippen LogP contribution in [0.25, 0.3) is 22.2 Å². The molecular weight excluding hydrogens is 638 g/mol. The number of fused-ring (bicyclic) bond motifs is 2. The SMILES string of the molecule is CC(C)(C)C(=O)Nc1ccc2nc(CN3CCC(N(CCN4CCCCC4)C[C@H]4O[C@@H](n5cnc6c(N)ncnc65)[C@H](O)[C@@H]4O)CC3)[nH]c2c1. The molecule has 3 aliphatic heterocycles. The molecule has 4 aromatic rings. The summed E-state index contributed by atoms with van der Waals surface area (Å²) >= 11 is 0. The number of amides is 1. The first-order valence-corrected chi connectivity index (χ1v) is 18.0. The fourth-order valence-corrected chi connectivity index (χ4v) is 7.46. The zero-order valence-electron chi connectivity index (χ0n) is 29.3. The number of carbonyl (C=O) groups is 1. The predicted molar refractivity (Wildman–Crippen MR) is 190 cm³/mol. The number of nitrogens with zero attached hydrogens (tertiary/aromatic N) is 8. The number of hydrogen-bond acceptors (Lipinski definition) is 12. The van der Waals surface area contributed by atoms with Crippen LogP contribution in [0.1, 0.15) is 64.9 Å². The third-order valence-corrected chi connectivity index (χ3v) is 10.5. The maximum absolute atomic E-state index is 12.5. The molecule has 6 heterocycles. The molecule has 1 aromatic carbocycles. The molecule has 0 bridgehead atoms. The van der Waals surface area contributed by atoms with E-state index in [1.807, 2.05) is 39.0 Å². The molecule has 3 saturated heterocycles. The third-order valence-electron chi connectivity index (χ3n) is 10.5. The van der Waals surface area contributed by atoms with Gasteiger partial charge in [-0.3, -0.25) is 19.2 Å². The van der Waals surface area contributed by atoms with Gasteiger partial charge in [-0.15, -0.1) is 0 Å². The quantitative estimate of drug-likeness (QED) is 0.164. The fourth-order valence-electron chi connectivity index (χ4n) is 7.46. The molecule has 15 heteroatoms. The van der Waals surface area contributed by atoms with E-state index < -0.39 is 30.0 Å². The second kappa shape index (κ2) is 14.5. The van der Waals surface area contributed by atoms with E-state index in [0.29, 0.717) is 30.3 Å².